The van der Waals surface area contributed by atoms with Gasteiger partial charge in [0.15, 0.2) is 5.69 Å². The van der Waals surface area contributed by atoms with E-state index in [1.165, 1.54) is 11.3 Å². The molecule has 0 aliphatic heterocycles. The van der Waals surface area contributed by atoms with Crippen molar-refractivity contribution in [2.75, 3.05) is 7.05 Å². The monoisotopic (exact) mass is 310 g/mol. The van der Waals surface area contributed by atoms with Crippen LogP contribution in [-0.2, 0) is 6.54 Å². The second-order valence-electron chi connectivity index (χ2n) is 4.57. The summed E-state index contributed by atoms with van der Waals surface area (Å²) in [5.74, 6) is -0.985. The van der Waals surface area contributed by atoms with Crippen LogP contribution in [-0.4, -0.2) is 28.0 Å². The van der Waals surface area contributed by atoms with Gasteiger partial charge in [0.05, 0.1) is 6.54 Å². The van der Waals surface area contributed by atoms with Crippen LogP contribution in [0.15, 0.2) is 29.6 Å². The van der Waals surface area contributed by atoms with E-state index in [1.54, 1.807) is 5.38 Å². The number of halogens is 1. The number of aromatic nitrogens is 1. The third-order valence-corrected chi connectivity index (χ3v) is 4.25. The van der Waals surface area contributed by atoms with Gasteiger partial charge in [-0.25, -0.2) is 9.78 Å². The molecule has 0 aliphatic carbocycles. The minimum Gasteiger partial charge on any atom is -0.476 e. The maximum absolute atomic E-state index is 10.8. The molecule has 1 atom stereocenters. The van der Waals surface area contributed by atoms with Crippen molar-refractivity contribution < 1.29 is 9.90 Å². The summed E-state index contributed by atoms with van der Waals surface area (Å²) in [6.45, 7) is 2.71. The summed E-state index contributed by atoms with van der Waals surface area (Å²) in [4.78, 5) is 17.0. The van der Waals surface area contributed by atoms with Crippen molar-refractivity contribution in [3.63, 3.8) is 0 Å². The molecule has 0 saturated heterocycles. The van der Waals surface area contributed by atoms with E-state index in [2.05, 4.69) is 16.8 Å². The van der Waals surface area contributed by atoms with Crippen LogP contribution < -0.4 is 0 Å². The van der Waals surface area contributed by atoms with Crippen LogP contribution in [0, 0.1) is 0 Å². The first-order chi connectivity index (χ1) is 9.47. The zero-order chi connectivity index (χ0) is 14.7. The molecule has 2 rings (SSSR count). The van der Waals surface area contributed by atoms with Gasteiger partial charge in [0.1, 0.15) is 5.01 Å². The maximum atomic E-state index is 10.8. The molecule has 0 aliphatic rings. The Kier molecular flexibility index (Phi) is 4.75. The lowest BCUT2D eigenvalue weighted by Gasteiger charge is -2.24. The Morgan fingerprint density at radius 2 is 2.10 bits per heavy atom. The Labute approximate surface area is 126 Å². The first-order valence-electron chi connectivity index (χ1n) is 6.11. The van der Waals surface area contributed by atoms with Crippen molar-refractivity contribution in [3.05, 3.63) is 50.9 Å². The average Bonchev–Trinajstić information content (AvgIpc) is 2.87. The third-order valence-electron chi connectivity index (χ3n) is 3.17. The number of nitrogens with zero attached hydrogens (tertiary/aromatic N) is 2. The van der Waals surface area contributed by atoms with Gasteiger partial charge < -0.3 is 5.11 Å². The minimum absolute atomic E-state index is 0.109. The van der Waals surface area contributed by atoms with E-state index in [9.17, 15) is 4.79 Å². The van der Waals surface area contributed by atoms with Gasteiger partial charge in [-0.3, -0.25) is 4.90 Å². The van der Waals surface area contributed by atoms with E-state index in [1.807, 2.05) is 31.3 Å². The van der Waals surface area contributed by atoms with E-state index in [4.69, 9.17) is 16.7 Å². The topological polar surface area (TPSA) is 53.4 Å². The fourth-order valence-electron chi connectivity index (χ4n) is 1.83. The molecule has 1 aromatic heterocycles. The highest BCUT2D eigenvalue weighted by atomic mass is 35.5. The summed E-state index contributed by atoms with van der Waals surface area (Å²) in [5, 5.41) is 11.9. The van der Waals surface area contributed by atoms with Crippen molar-refractivity contribution in [2.45, 2.75) is 19.5 Å². The van der Waals surface area contributed by atoms with E-state index in [0.717, 1.165) is 15.6 Å². The molecule has 0 unspecified atom stereocenters. The summed E-state index contributed by atoms with van der Waals surface area (Å²) in [6, 6.07) is 7.92. The van der Waals surface area contributed by atoms with Crippen molar-refractivity contribution in [1.29, 1.82) is 0 Å². The van der Waals surface area contributed by atoms with Gasteiger partial charge in [-0.15, -0.1) is 11.3 Å². The van der Waals surface area contributed by atoms with Crippen LogP contribution in [0.25, 0.3) is 0 Å². The van der Waals surface area contributed by atoms with E-state index in [0.29, 0.717) is 6.54 Å². The molecule has 0 radical (unpaired) electrons. The lowest BCUT2D eigenvalue weighted by atomic mass is 10.1. The van der Waals surface area contributed by atoms with Gasteiger partial charge in [-0.05, 0) is 31.7 Å². The lowest BCUT2D eigenvalue weighted by Crippen LogP contribution is -2.21. The molecular weight excluding hydrogens is 296 g/mol. The molecule has 4 nitrogen and oxygen atoms in total. The van der Waals surface area contributed by atoms with Gasteiger partial charge in [0.2, 0.25) is 0 Å². The van der Waals surface area contributed by atoms with Crippen molar-refractivity contribution in [3.8, 4) is 0 Å². The van der Waals surface area contributed by atoms with Crippen LogP contribution in [0.1, 0.15) is 34.0 Å². The first-order valence-corrected chi connectivity index (χ1v) is 7.36. The number of carboxylic acid groups (broad SMARTS) is 1. The van der Waals surface area contributed by atoms with Gasteiger partial charge in [0, 0.05) is 16.4 Å². The second-order valence-corrected chi connectivity index (χ2v) is 5.95. The average molecular weight is 311 g/mol. The van der Waals surface area contributed by atoms with Gasteiger partial charge >= 0.3 is 5.97 Å². The molecule has 1 aromatic carbocycles. The largest absolute Gasteiger partial charge is 0.476 e. The highest BCUT2D eigenvalue weighted by molar-refractivity contribution is 7.09. The zero-order valence-corrected chi connectivity index (χ0v) is 12.8. The summed E-state index contributed by atoms with van der Waals surface area (Å²) < 4.78 is 0. The Morgan fingerprint density at radius 3 is 2.65 bits per heavy atom. The molecule has 106 valence electrons. The predicted octanol–water partition coefficient (Wildman–Crippen LogP) is 3.69. The molecule has 2 aromatic rings. The first kappa shape index (κ1) is 15.0. The summed E-state index contributed by atoms with van der Waals surface area (Å²) in [7, 11) is 1.99. The molecule has 1 N–H and O–H groups in total. The van der Waals surface area contributed by atoms with E-state index < -0.39 is 5.97 Å². The van der Waals surface area contributed by atoms with Crippen molar-refractivity contribution in [1.82, 2.24) is 9.88 Å². The number of thiazole rings is 1. The Bertz CT molecular complexity index is 597. The number of carbonyl (C=O) groups is 1. The molecule has 6 heteroatoms. The molecular formula is C14H15ClN2O2S. The number of hydrogen-bond acceptors (Lipinski definition) is 4. The normalized spacial score (nSPS) is 12.6. The van der Waals surface area contributed by atoms with Crippen molar-refractivity contribution >= 4 is 28.9 Å². The fraction of sp³-hybridized carbons (Fsp3) is 0.286. The van der Waals surface area contributed by atoms with E-state index in [-0.39, 0.29) is 11.7 Å². The quantitative estimate of drug-likeness (QED) is 0.915. The SMILES string of the molecule is C[C@H](c1ccc(Cl)cc1)N(C)Cc1nc(C(=O)O)cs1. The molecule has 0 fully saturated rings. The Hall–Kier alpha value is -1.43. The summed E-state index contributed by atoms with van der Waals surface area (Å²) in [6.07, 6.45) is 0. The smallest absolute Gasteiger partial charge is 0.355 e. The van der Waals surface area contributed by atoms with Gasteiger partial charge in [-0.2, -0.15) is 0 Å². The number of carboxylic acids is 1. The van der Waals surface area contributed by atoms with Gasteiger partial charge in [0.25, 0.3) is 0 Å². The zero-order valence-electron chi connectivity index (χ0n) is 11.2. The predicted molar refractivity (Wildman–Crippen MR) is 80.4 cm³/mol. The number of hydrogen-bond donors (Lipinski definition) is 1. The Morgan fingerprint density at radius 1 is 1.45 bits per heavy atom. The fourth-order valence-corrected chi connectivity index (χ4v) is 2.78. The highest BCUT2D eigenvalue weighted by Crippen LogP contribution is 2.23. The number of rotatable bonds is 5. The van der Waals surface area contributed by atoms with Crippen molar-refractivity contribution in [2.24, 2.45) is 0 Å². The maximum Gasteiger partial charge on any atom is 0.355 e. The molecule has 0 spiro atoms. The minimum atomic E-state index is -0.985. The molecule has 1 heterocycles. The third kappa shape index (κ3) is 3.56. The molecule has 0 bridgehead atoms. The Balaban J connectivity index is 2.04. The summed E-state index contributed by atoms with van der Waals surface area (Å²) >= 11 is 7.25. The van der Waals surface area contributed by atoms with Gasteiger partial charge in [-0.1, -0.05) is 23.7 Å². The van der Waals surface area contributed by atoms with Crippen LogP contribution in [0.4, 0.5) is 0 Å². The number of aromatic carboxylic acids is 1. The highest BCUT2D eigenvalue weighted by Gasteiger charge is 2.15. The standard InChI is InChI=1S/C14H15ClN2O2S/c1-9(10-3-5-11(15)6-4-10)17(2)7-13-16-12(8-20-13)14(18)19/h3-6,8-9H,7H2,1-2H3,(H,18,19)/t9-/m1/s1. The molecule has 0 amide bonds. The van der Waals surface area contributed by atoms with Crippen LogP contribution in [0.5, 0.6) is 0 Å². The second kappa shape index (κ2) is 6.35. The van der Waals surface area contributed by atoms with Crippen LogP contribution in [0.3, 0.4) is 0 Å². The summed E-state index contributed by atoms with van der Waals surface area (Å²) in [5.41, 5.74) is 1.27. The van der Waals surface area contributed by atoms with Crippen LogP contribution >= 0.6 is 22.9 Å². The lowest BCUT2D eigenvalue weighted by molar-refractivity contribution is 0.0691. The molecule has 0 saturated carbocycles. The number of benzene rings is 1. The van der Waals surface area contributed by atoms with E-state index >= 15 is 0 Å². The van der Waals surface area contributed by atoms with Crippen LogP contribution in [0.2, 0.25) is 5.02 Å². The molecule has 20 heavy (non-hydrogen) atoms.